The molecule has 0 unspecified atom stereocenters. The monoisotopic (exact) mass is 275 g/mol. The average molecular weight is 275 g/mol. The Labute approximate surface area is 116 Å². The summed E-state index contributed by atoms with van der Waals surface area (Å²) in [4.78, 5) is 8.51. The van der Waals surface area contributed by atoms with Gasteiger partial charge in [-0.2, -0.15) is 0 Å². The first-order chi connectivity index (χ1) is 9.33. The van der Waals surface area contributed by atoms with Gasteiger partial charge in [0, 0.05) is 11.3 Å². The Morgan fingerprint density at radius 2 is 2.11 bits per heavy atom. The van der Waals surface area contributed by atoms with Gasteiger partial charge in [0.15, 0.2) is 11.5 Å². The Hall–Kier alpha value is -1.62. The number of nitrogen functional groups attached to an aromatic ring is 1. The summed E-state index contributed by atoms with van der Waals surface area (Å²) < 4.78 is 5.59. The van der Waals surface area contributed by atoms with Gasteiger partial charge in [-0.25, -0.2) is 9.97 Å². The van der Waals surface area contributed by atoms with Gasteiger partial charge in [-0.15, -0.1) is 11.3 Å². The van der Waals surface area contributed by atoms with Crippen molar-refractivity contribution in [1.82, 2.24) is 9.97 Å². The van der Waals surface area contributed by atoms with Gasteiger partial charge in [0.05, 0.1) is 5.69 Å². The number of nitrogens with zero attached hydrogens (tertiary/aromatic N) is 2. The summed E-state index contributed by atoms with van der Waals surface area (Å²) >= 11 is 1.45. The molecule has 0 radical (unpaired) electrons. The second kappa shape index (κ2) is 5.57. The Kier molecular flexibility index (Phi) is 3.64. The summed E-state index contributed by atoms with van der Waals surface area (Å²) in [6.07, 6.45) is 11.8. The highest BCUT2D eigenvalue weighted by Crippen LogP contribution is 2.34. The zero-order valence-corrected chi connectivity index (χ0v) is 11.5. The van der Waals surface area contributed by atoms with E-state index in [0.717, 1.165) is 17.1 Å². The Balaban J connectivity index is 1.78. The van der Waals surface area contributed by atoms with Crippen LogP contribution in [-0.2, 0) is 0 Å². The lowest BCUT2D eigenvalue weighted by atomic mass is 9.87. The summed E-state index contributed by atoms with van der Waals surface area (Å²) in [6.45, 7) is 0. The lowest BCUT2D eigenvalue weighted by Crippen LogP contribution is -2.04. The zero-order chi connectivity index (χ0) is 13.1. The first-order valence-corrected chi connectivity index (χ1v) is 7.53. The number of aromatic nitrogens is 2. The molecule has 2 N–H and O–H groups in total. The largest absolute Gasteiger partial charge is 0.448 e. The first kappa shape index (κ1) is 12.4. The van der Waals surface area contributed by atoms with Crippen LogP contribution in [0.3, 0.4) is 0 Å². The van der Waals surface area contributed by atoms with Gasteiger partial charge in [-0.3, -0.25) is 0 Å². The van der Waals surface area contributed by atoms with Crippen LogP contribution >= 0.6 is 11.3 Å². The molecule has 2 heterocycles. The van der Waals surface area contributed by atoms with Gasteiger partial charge in [0.2, 0.25) is 0 Å². The maximum absolute atomic E-state index is 5.61. The number of rotatable bonds is 3. The van der Waals surface area contributed by atoms with Gasteiger partial charge >= 0.3 is 0 Å². The standard InChI is InChI=1S/C14H17N3OS/c15-14-17-11(8-19-14)6-7-12-13(18-9-16-12)10-4-2-1-3-5-10/h6-10H,1-5H2,(H2,15,17)/b7-6+. The highest BCUT2D eigenvalue weighted by molar-refractivity contribution is 7.13. The maximum atomic E-state index is 5.61. The molecule has 2 aromatic heterocycles. The second-order valence-electron chi connectivity index (χ2n) is 4.88. The molecule has 0 amide bonds. The smallest absolute Gasteiger partial charge is 0.181 e. The topological polar surface area (TPSA) is 64.9 Å². The van der Waals surface area contributed by atoms with Gasteiger partial charge in [-0.05, 0) is 25.0 Å². The minimum Gasteiger partial charge on any atom is -0.448 e. The molecule has 1 fully saturated rings. The van der Waals surface area contributed by atoms with Crippen LogP contribution in [0.4, 0.5) is 5.13 Å². The number of oxazole rings is 1. The normalized spacial score (nSPS) is 17.3. The predicted octanol–water partition coefficient (Wildman–Crippen LogP) is 3.93. The average Bonchev–Trinajstić information content (AvgIpc) is 3.06. The number of thiazole rings is 1. The van der Waals surface area contributed by atoms with Crippen molar-refractivity contribution in [3.8, 4) is 0 Å². The molecule has 0 aromatic carbocycles. The summed E-state index contributed by atoms with van der Waals surface area (Å²) in [5, 5.41) is 2.53. The molecule has 2 aromatic rings. The lowest BCUT2D eigenvalue weighted by Gasteiger charge is -2.19. The van der Waals surface area contributed by atoms with Crippen LogP contribution < -0.4 is 5.73 Å². The number of nitrogens with two attached hydrogens (primary N) is 1. The van der Waals surface area contributed by atoms with Crippen molar-refractivity contribution in [3.63, 3.8) is 0 Å². The van der Waals surface area contributed by atoms with Crippen molar-refractivity contribution in [2.75, 3.05) is 5.73 Å². The second-order valence-corrected chi connectivity index (χ2v) is 5.77. The van der Waals surface area contributed by atoms with E-state index in [1.807, 2.05) is 17.5 Å². The number of anilines is 1. The maximum Gasteiger partial charge on any atom is 0.181 e. The number of hydrogen-bond acceptors (Lipinski definition) is 5. The predicted molar refractivity (Wildman–Crippen MR) is 77.8 cm³/mol. The molecule has 1 saturated carbocycles. The van der Waals surface area contributed by atoms with Crippen LogP contribution in [-0.4, -0.2) is 9.97 Å². The number of hydrogen-bond donors (Lipinski definition) is 1. The Bertz CT molecular complexity index is 567. The molecule has 1 aliphatic rings. The fraction of sp³-hybridized carbons (Fsp3) is 0.429. The minimum absolute atomic E-state index is 0.524. The van der Waals surface area contributed by atoms with Crippen molar-refractivity contribution in [2.45, 2.75) is 38.0 Å². The third-order valence-corrected chi connectivity index (χ3v) is 4.24. The van der Waals surface area contributed by atoms with Gasteiger partial charge in [0.25, 0.3) is 0 Å². The van der Waals surface area contributed by atoms with E-state index in [9.17, 15) is 0 Å². The fourth-order valence-electron chi connectivity index (χ4n) is 2.60. The third kappa shape index (κ3) is 2.87. The molecule has 5 heteroatoms. The van der Waals surface area contributed by atoms with E-state index in [4.69, 9.17) is 10.2 Å². The van der Waals surface area contributed by atoms with Crippen molar-refractivity contribution < 1.29 is 4.42 Å². The van der Waals surface area contributed by atoms with Crippen LogP contribution in [0.15, 0.2) is 16.2 Å². The van der Waals surface area contributed by atoms with Crippen molar-refractivity contribution in [3.05, 3.63) is 28.9 Å². The summed E-state index contributed by atoms with van der Waals surface area (Å²) in [5.41, 5.74) is 7.42. The Morgan fingerprint density at radius 3 is 2.84 bits per heavy atom. The molecule has 0 aliphatic heterocycles. The van der Waals surface area contributed by atoms with Gasteiger partial charge in [-0.1, -0.05) is 19.3 Å². The van der Waals surface area contributed by atoms with Crippen LogP contribution in [0, 0.1) is 0 Å². The van der Waals surface area contributed by atoms with E-state index in [1.54, 1.807) is 6.39 Å². The van der Waals surface area contributed by atoms with E-state index in [1.165, 1.54) is 43.4 Å². The highest BCUT2D eigenvalue weighted by atomic mass is 32.1. The molecule has 3 rings (SSSR count). The molecule has 0 bridgehead atoms. The quantitative estimate of drug-likeness (QED) is 0.921. The molecular formula is C14H17N3OS. The highest BCUT2D eigenvalue weighted by Gasteiger charge is 2.21. The Morgan fingerprint density at radius 1 is 1.26 bits per heavy atom. The minimum atomic E-state index is 0.524. The first-order valence-electron chi connectivity index (χ1n) is 6.65. The van der Waals surface area contributed by atoms with Crippen molar-refractivity contribution in [2.24, 2.45) is 0 Å². The van der Waals surface area contributed by atoms with Crippen LogP contribution in [0.25, 0.3) is 12.2 Å². The van der Waals surface area contributed by atoms with E-state index < -0.39 is 0 Å². The fourth-order valence-corrected chi connectivity index (χ4v) is 3.13. The SMILES string of the molecule is Nc1nc(/C=C/c2ncoc2C2CCCCC2)cs1. The van der Waals surface area contributed by atoms with Crippen molar-refractivity contribution >= 4 is 28.6 Å². The van der Waals surface area contributed by atoms with Crippen LogP contribution in [0.5, 0.6) is 0 Å². The third-order valence-electron chi connectivity index (χ3n) is 3.55. The summed E-state index contributed by atoms with van der Waals surface area (Å²) in [6, 6.07) is 0. The molecule has 0 atom stereocenters. The lowest BCUT2D eigenvalue weighted by molar-refractivity contribution is 0.373. The molecule has 0 saturated heterocycles. The van der Waals surface area contributed by atoms with Crippen LogP contribution in [0.1, 0.15) is 55.2 Å². The molecule has 1 aliphatic carbocycles. The molecule has 4 nitrogen and oxygen atoms in total. The molecule has 100 valence electrons. The van der Waals surface area contributed by atoms with E-state index >= 15 is 0 Å². The van der Waals surface area contributed by atoms with Gasteiger partial charge < -0.3 is 10.2 Å². The van der Waals surface area contributed by atoms with Crippen LogP contribution in [0.2, 0.25) is 0 Å². The molecular weight excluding hydrogens is 258 g/mol. The van der Waals surface area contributed by atoms with E-state index in [-0.39, 0.29) is 0 Å². The van der Waals surface area contributed by atoms with E-state index in [2.05, 4.69) is 9.97 Å². The van der Waals surface area contributed by atoms with Gasteiger partial charge in [0.1, 0.15) is 11.5 Å². The zero-order valence-electron chi connectivity index (χ0n) is 10.7. The molecule has 19 heavy (non-hydrogen) atoms. The molecule has 0 spiro atoms. The van der Waals surface area contributed by atoms with E-state index in [0.29, 0.717) is 11.0 Å². The summed E-state index contributed by atoms with van der Waals surface area (Å²) in [5.74, 6) is 1.55. The van der Waals surface area contributed by atoms with Crippen molar-refractivity contribution in [1.29, 1.82) is 0 Å². The summed E-state index contributed by atoms with van der Waals surface area (Å²) in [7, 11) is 0.